The zero-order valence-electron chi connectivity index (χ0n) is 17.8. The second kappa shape index (κ2) is 10.2. The normalized spacial score (nSPS) is 15.3. The zero-order chi connectivity index (χ0) is 21.5. The summed E-state index contributed by atoms with van der Waals surface area (Å²) in [5.41, 5.74) is 9.58. The smallest absolute Gasteiger partial charge is 0.246 e. The number of nitrogens with zero attached hydrogens (tertiary/aromatic N) is 1. The predicted molar refractivity (Wildman–Crippen MR) is 119 cm³/mol. The van der Waals surface area contributed by atoms with Gasteiger partial charge in [0.15, 0.2) is 0 Å². The fraction of sp³-hybridized carbons (Fsp3) is 0.360. The average Bonchev–Trinajstić information content (AvgIpc) is 3.19. The van der Waals surface area contributed by atoms with Gasteiger partial charge >= 0.3 is 0 Å². The molecule has 158 valence electrons. The Labute approximate surface area is 179 Å². The van der Waals surface area contributed by atoms with Crippen LogP contribution in [0.4, 0.5) is 0 Å². The van der Waals surface area contributed by atoms with Crippen molar-refractivity contribution >= 4 is 11.8 Å². The maximum absolute atomic E-state index is 12.7. The monoisotopic (exact) mass is 405 g/mol. The molecule has 2 aromatic rings. The van der Waals surface area contributed by atoms with Crippen molar-refractivity contribution in [2.45, 2.75) is 51.9 Å². The van der Waals surface area contributed by atoms with Gasteiger partial charge in [0, 0.05) is 25.2 Å². The number of nitrogens with two attached hydrogens (primary N) is 1. The number of nitrogens with one attached hydrogen (secondary N) is 1. The average molecular weight is 406 g/mol. The van der Waals surface area contributed by atoms with E-state index in [1.807, 2.05) is 49.1 Å². The summed E-state index contributed by atoms with van der Waals surface area (Å²) in [5.74, 6) is -0.180. The third-order valence-electron chi connectivity index (χ3n) is 5.56. The summed E-state index contributed by atoms with van der Waals surface area (Å²) < 4.78 is 0. The Morgan fingerprint density at radius 3 is 2.23 bits per heavy atom. The summed E-state index contributed by atoms with van der Waals surface area (Å²) in [4.78, 5) is 27.0. The van der Waals surface area contributed by atoms with E-state index in [0.717, 1.165) is 6.42 Å². The summed E-state index contributed by atoms with van der Waals surface area (Å²) in [6.45, 7) is 5.10. The van der Waals surface area contributed by atoms with Crippen molar-refractivity contribution in [2.24, 2.45) is 11.7 Å². The maximum Gasteiger partial charge on any atom is 0.246 e. The summed E-state index contributed by atoms with van der Waals surface area (Å²) in [5, 5.41) is 3.01. The maximum atomic E-state index is 12.7. The van der Waals surface area contributed by atoms with E-state index < -0.39 is 6.04 Å². The van der Waals surface area contributed by atoms with Crippen molar-refractivity contribution in [3.05, 3.63) is 83.4 Å². The molecule has 0 saturated heterocycles. The minimum atomic E-state index is -0.568. The predicted octanol–water partition coefficient (Wildman–Crippen LogP) is 3.19. The lowest BCUT2D eigenvalue weighted by Gasteiger charge is -2.21. The molecule has 30 heavy (non-hydrogen) atoms. The second-order valence-corrected chi connectivity index (χ2v) is 8.23. The minimum absolute atomic E-state index is 0.0432. The quantitative estimate of drug-likeness (QED) is 0.663. The lowest BCUT2D eigenvalue weighted by atomic mass is 10.0. The van der Waals surface area contributed by atoms with Gasteiger partial charge in [-0.2, -0.15) is 0 Å². The van der Waals surface area contributed by atoms with Crippen molar-refractivity contribution < 1.29 is 9.59 Å². The Kier molecular flexibility index (Phi) is 7.41. The van der Waals surface area contributed by atoms with Gasteiger partial charge in [0.1, 0.15) is 0 Å². The molecule has 0 spiro atoms. The van der Waals surface area contributed by atoms with E-state index in [1.165, 1.54) is 16.7 Å². The molecule has 3 N–H and O–H groups in total. The van der Waals surface area contributed by atoms with Gasteiger partial charge in [-0.3, -0.25) is 9.59 Å². The highest BCUT2D eigenvalue weighted by atomic mass is 16.2. The van der Waals surface area contributed by atoms with Crippen molar-refractivity contribution in [2.75, 3.05) is 0 Å². The topological polar surface area (TPSA) is 75.4 Å². The first-order valence-electron chi connectivity index (χ1n) is 10.6. The van der Waals surface area contributed by atoms with Crippen LogP contribution in [-0.2, 0) is 29.1 Å². The highest BCUT2D eigenvalue weighted by molar-refractivity contribution is 5.88. The molecule has 2 atom stereocenters. The number of hydrogen-bond donors (Lipinski definition) is 2. The lowest BCUT2D eigenvalue weighted by Crippen LogP contribution is -2.47. The van der Waals surface area contributed by atoms with Gasteiger partial charge in [-0.05, 0) is 35.4 Å². The Bertz CT molecular complexity index is 867. The molecular formula is C25H31N3O2. The number of fused-ring (bicyclic) bond motifs is 1. The van der Waals surface area contributed by atoms with E-state index in [1.54, 1.807) is 12.2 Å². The number of aryl methyl sites for hydroxylation is 1. The summed E-state index contributed by atoms with van der Waals surface area (Å²) in [6.07, 6.45) is 4.89. The van der Waals surface area contributed by atoms with Gasteiger partial charge in [0.2, 0.25) is 11.8 Å². The van der Waals surface area contributed by atoms with E-state index in [9.17, 15) is 9.59 Å². The molecule has 5 nitrogen and oxygen atoms in total. The molecule has 0 saturated carbocycles. The minimum Gasteiger partial charge on any atom is -0.349 e. The fourth-order valence-corrected chi connectivity index (χ4v) is 3.56. The van der Waals surface area contributed by atoms with E-state index >= 15 is 0 Å². The first-order valence-corrected chi connectivity index (χ1v) is 10.6. The number of hydrogen-bond acceptors (Lipinski definition) is 3. The first-order chi connectivity index (χ1) is 14.4. The molecule has 1 aliphatic rings. The van der Waals surface area contributed by atoms with Crippen LogP contribution in [0.25, 0.3) is 0 Å². The summed E-state index contributed by atoms with van der Waals surface area (Å²) in [7, 11) is 0. The van der Waals surface area contributed by atoms with Crippen molar-refractivity contribution in [3.8, 4) is 0 Å². The molecule has 2 amide bonds. The second-order valence-electron chi connectivity index (χ2n) is 8.23. The van der Waals surface area contributed by atoms with E-state index in [0.29, 0.717) is 19.5 Å². The molecule has 0 unspecified atom stereocenters. The Morgan fingerprint density at radius 1 is 1.03 bits per heavy atom. The molecule has 2 aromatic carbocycles. The van der Waals surface area contributed by atoms with E-state index in [4.69, 9.17) is 5.73 Å². The molecule has 0 aromatic heterocycles. The number of benzene rings is 2. The van der Waals surface area contributed by atoms with Crippen molar-refractivity contribution in [1.29, 1.82) is 0 Å². The van der Waals surface area contributed by atoms with Crippen LogP contribution in [0.2, 0.25) is 0 Å². The fourth-order valence-electron chi connectivity index (χ4n) is 3.56. The van der Waals surface area contributed by atoms with Gasteiger partial charge in [-0.25, -0.2) is 0 Å². The Hall–Kier alpha value is -2.92. The molecule has 3 rings (SSSR count). The van der Waals surface area contributed by atoms with Gasteiger partial charge in [-0.15, -0.1) is 0 Å². The number of carbonyl (C=O) groups excluding carboxylic acids is 2. The van der Waals surface area contributed by atoms with E-state index in [2.05, 4.69) is 29.6 Å². The molecule has 0 bridgehead atoms. The van der Waals surface area contributed by atoms with Crippen molar-refractivity contribution in [3.63, 3.8) is 0 Å². The number of carbonyl (C=O) groups is 2. The van der Waals surface area contributed by atoms with Gasteiger partial charge in [0.25, 0.3) is 0 Å². The molecule has 5 heteroatoms. The van der Waals surface area contributed by atoms with Crippen LogP contribution < -0.4 is 11.1 Å². The van der Waals surface area contributed by atoms with Crippen LogP contribution in [0, 0.1) is 5.92 Å². The third-order valence-corrected chi connectivity index (χ3v) is 5.56. The van der Waals surface area contributed by atoms with E-state index in [-0.39, 0.29) is 23.8 Å². The highest BCUT2D eigenvalue weighted by Gasteiger charge is 2.22. The summed E-state index contributed by atoms with van der Waals surface area (Å²) >= 11 is 0. The third kappa shape index (κ3) is 5.80. The SMILES string of the molecule is CC(C)[C@H](N)C(=O)N[C@H](/C=C/C(=O)N1Cc2ccccc2C1)CCc1ccccc1. The van der Waals surface area contributed by atoms with Crippen LogP contribution in [0.5, 0.6) is 0 Å². The van der Waals surface area contributed by atoms with Crippen molar-refractivity contribution in [1.82, 2.24) is 10.2 Å². The standard InChI is InChI=1S/C25H31N3O2/c1-18(2)24(26)25(30)27-22(13-12-19-8-4-3-5-9-19)14-15-23(29)28-16-20-10-6-7-11-21(20)17-28/h3-11,14-15,18,22,24H,12-13,16-17,26H2,1-2H3,(H,27,30)/b15-14+/t22-,24-/m0/s1. The summed E-state index contributed by atoms with van der Waals surface area (Å²) in [6, 6.07) is 17.4. The molecule has 1 aliphatic heterocycles. The zero-order valence-corrected chi connectivity index (χ0v) is 17.8. The van der Waals surface area contributed by atoms with Gasteiger partial charge in [0.05, 0.1) is 6.04 Å². The Morgan fingerprint density at radius 2 is 1.63 bits per heavy atom. The van der Waals surface area contributed by atoms with Crippen LogP contribution in [-0.4, -0.2) is 28.8 Å². The molecule has 0 radical (unpaired) electrons. The number of rotatable bonds is 8. The van der Waals surface area contributed by atoms with Gasteiger partial charge in [-0.1, -0.05) is 74.5 Å². The van der Waals surface area contributed by atoms with Crippen LogP contribution in [0.1, 0.15) is 37.0 Å². The molecule has 0 aliphatic carbocycles. The molecular weight excluding hydrogens is 374 g/mol. The van der Waals surface area contributed by atoms with Gasteiger partial charge < -0.3 is 16.0 Å². The largest absolute Gasteiger partial charge is 0.349 e. The molecule has 0 fully saturated rings. The molecule has 1 heterocycles. The lowest BCUT2D eigenvalue weighted by molar-refractivity contribution is -0.127. The van der Waals surface area contributed by atoms with Crippen LogP contribution in [0.3, 0.4) is 0 Å². The Balaban J connectivity index is 1.64. The first kappa shape index (κ1) is 21.8. The number of amides is 2. The highest BCUT2D eigenvalue weighted by Crippen LogP contribution is 2.22. The van der Waals surface area contributed by atoms with Crippen LogP contribution in [0.15, 0.2) is 66.7 Å². The van der Waals surface area contributed by atoms with Crippen LogP contribution >= 0.6 is 0 Å².